The molecule has 5 aromatic rings. The zero-order valence-electron chi connectivity index (χ0n) is 20.0. The molecule has 35 heavy (non-hydrogen) atoms. The molecule has 0 fully saturated rings. The molecule has 0 spiro atoms. The number of aryl methyl sites for hydroxylation is 1. The van der Waals surface area contributed by atoms with Gasteiger partial charge in [0.05, 0.1) is 16.5 Å². The Morgan fingerprint density at radius 3 is 2.71 bits per heavy atom. The third-order valence-electron chi connectivity index (χ3n) is 6.47. The number of amides is 1. The molecule has 5 rings (SSSR count). The average Bonchev–Trinajstić information content (AvgIpc) is 2.88. The van der Waals surface area contributed by atoms with Crippen LogP contribution in [-0.4, -0.2) is 26.8 Å². The quantitative estimate of drug-likeness (QED) is 0.263. The van der Waals surface area contributed by atoms with Crippen molar-refractivity contribution in [2.45, 2.75) is 39.0 Å². The maximum atomic E-state index is 13.2. The molecule has 1 amide bonds. The molecule has 0 aliphatic rings. The number of pyridine rings is 2. The van der Waals surface area contributed by atoms with Crippen molar-refractivity contribution in [3.63, 3.8) is 0 Å². The van der Waals surface area contributed by atoms with Crippen LogP contribution in [0.4, 0.5) is 0 Å². The Morgan fingerprint density at radius 1 is 1.00 bits per heavy atom. The third kappa shape index (κ3) is 4.64. The summed E-state index contributed by atoms with van der Waals surface area (Å²) in [6.07, 6.45) is 8.11. The molecule has 0 unspecified atom stereocenters. The van der Waals surface area contributed by atoms with E-state index in [0.29, 0.717) is 34.6 Å². The molecule has 176 valence electrons. The SMILES string of the molecule is CC(C)c1ccc2nc3ccc(C(=O)NCCCCc4cncc5ccccc45)cn3c(=O)c2c1. The number of benzene rings is 2. The van der Waals surface area contributed by atoms with E-state index in [1.54, 1.807) is 18.3 Å². The first-order chi connectivity index (χ1) is 17.0. The topological polar surface area (TPSA) is 76.4 Å². The lowest BCUT2D eigenvalue weighted by Crippen LogP contribution is -2.26. The van der Waals surface area contributed by atoms with Crippen molar-refractivity contribution in [2.24, 2.45) is 0 Å². The predicted octanol–water partition coefficient (Wildman–Crippen LogP) is 5.27. The smallest absolute Gasteiger partial charge is 0.265 e. The maximum absolute atomic E-state index is 13.2. The van der Waals surface area contributed by atoms with Crippen LogP contribution in [0.2, 0.25) is 0 Å². The highest BCUT2D eigenvalue weighted by molar-refractivity contribution is 5.94. The van der Waals surface area contributed by atoms with Gasteiger partial charge in [-0.25, -0.2) is 4.98 Å². The summed E-state index contributed by atoms with van der Waals surface area (Å²) < 4.78 is 1.47. The van der Waals surface area contributed by atoms with Crippen molar-refractivity contribution in [2.75, 3.05) is 6.54 Å². The van der Waals surface area contributed by atoms with Crippen LogP contribution in [0.15, 0.2) is 78.0 Å². The van der Waals surface area contributed by atoms with Crippen molar-refractivity contribution in [1.82, 2.24) is 19.7 Å². The van der Waals surface area contributed by atoms with Crippen LogP contribution in [0, 0.1) is 0 Å². The Hall–Kier alpha value is -4.06. The molecule has 2 aromatic carbocycles. The number of rotatable bonds is 7. The first kappa shape index (κ1) is 22.7. The van der Waals surface area contributed by atoms with Crippen LogP contribution in [0.1, 0.15) is 54.1 Å². The molecule has 0 saturated heterocycles. The Bertz CT molecular complexity index is 1600. The normalized spacial score (nSPS) is 11.5. The van der Waals surface area contributed by atoms with Crippen LogP contribution < -0.4 is 10.9 Å². The number of aromatic nitrogens is 3. The van der Waals surface area contributed by atoms with E-state index in [4.69, 9.17) is 0 Å². The molecule has 0 radical (unpaired) electrons. The van der Waals surface area contributed by atoms with Gasteiger partial charge in [0, 0.05) is 30.5 Å². The summed E-state index contributed by atoms with van der Waals surface area (Å²) in [5.41, 5.74) is 3.79. The Morgan fingerprint density at radius 2 is 1.86 bits per heavy atom. The molecule has 1 N–H and O–H groups in total. The van der Waals surface area contributed by atoms with Crippen molar-refractivity contribution in [1.29, 1.82) is 0 Å². The fraction of sp³-hybridized carbons (Fsp3) is 0.241. The number of hydrogen-bond donors (Lipinski definition) is 1. The lowest BCUT2D eigenvalue weighted by molar-refractivity contribution is 0.0952. The molecule has 0 aliphatic carbocycles. The van der Waals surface area contributed by atoms with E-state index >= 15 is 0 Å². The van der Waals surface area contributed by atoms with Gasteiger partial charge in [0.1, 0.15) is 5.65 Å². The molecular weight excluding hydrogens is 436 g/mol. The summed E-state index contributed by atoms with van der Waals surface area (Å²) in [4.78, 5) is 34.9. The number of nitrogens with one attached hydrogen (secondary N) is 1. The summed E-state index contributed by atoms with van der Waals surface area (Å²) in [5, 5.41) is 5.92. The maximum Gasteiger partial charge on any atom is 0.265 e. The number of hydrogen-bond acceptors (Lipinski definition) is 4. The number of unbranched alkanes of at least 4 members (excludes halogenated alkanes) is 1. The lowest BCUT2D eigenvalue weighted by atomic mass is 10.0. The molecule has 6 heteroatoms. The van der Waals surface area contributed by atoms with Crippen LogP contribution in [0.5, 0.6) is 0 Å². The van der Waals surface area contributed by atoms with Gasteiger partial charge in [-0.2, -0.15) is 0 Å². The van der Waals surface area contributed by atoms with Gasteiger partial charge >= 0.3 is 0 Å². The highest BCUT2D eigenvalue weighted by atomic mass is 16.1. The molecule has 0 bridgehead atoms. The minimum absolute atomic E-state index is 0.161. The van der Waals surface area contributed by atoms with Crippen molar-refractivity contribution < 1.29 is 4.79 Å². The van der Waals surface area contributed by atoms with E-state index in [9.17, 15) is 9.59 Å². The van der Waals surface area contributed by atoms with E-state index in [1.165, 1.54) is 15.4 Å². The minimum atomic E-state index is -0.193. The standard InChI is InChI=1S/C29H28N4O2/c1-19(2)20-10-12-26-25(15-20)29(35)33-18-23(11-13-27(33)32-26)28(34)31-14-6-5-8-22-17-30-16-21-7-3-4-9-24(21)22/h3-4,7,9-13,15-19H,5-6,8,14H2,1-2H3,(H,31,34). The summed E-state index contributed by atoms with van der Waals surface area (Å²) in [5.74, 6) is 0.121. The highest BCUT2D eigenvalue weighted by Crippen LogP contribution is 2.20. The summed E-state index contributed by atoms with van der Waals surface area (Å²) in [6, 6.07) is 17.5. The second-order valence-electron chi connectivity index (χ2n) is 9.23. The van der Waals surface area contributed by atoms with E-state index in [0.717, 1.165) is 30.2 Å². The molecule has 0 atom stereocenters. The van der Waals surface area contributed by atoms with Gasteiger partial charge in [-0.1, -0.05) is 44.2 Å². The number of carbonyl (C=O) groups is 1. The largest absolute Gasteiger partial charge is 0.352 e. The zero-order valence-corrected chi connectivity index (χ0v) is 20.0. The van der Waals surface area contributed by atoms with Gasteiger partial charge in [0.25, 0.3) is 11.5 Å². The third-order valence-corrected chi connectivity index (χ3v) is 6.47. The van der Waals surface area contributed by atoms with E-state index in [-0.39, 0.29) is 11.5 Å². The number of fused-ring (bicyclic) bond motifs is 3. The van der Waals surface area contributed by atoms with Crippen LogP contribution in [0.25, 0.3) is 27.3 Å². The monoisotopic (exact) mass is 464 g/mol. The molecule has 3 heterocycles. The van der Waals surface area contributed by atoms with E-state index in [2.05, 4.69) is 41.3 Å². The molecular formula is C29H28N4O2. The fourth-order valence-electron chi connectivity index (χ4n) is 4.44. The molecule has 0 aliphatic heterocycles. The zero-order chi connectivity index (χ0) is 24.4. The van der Waals surface area contributed by atoms with Crippen LogP contribution >= 0.6 is 0 Å². The van der Waals surface area contributed by atoms with Gasteiger partial charge in [0.15, 0.2) is 0 Å². The molecule has 6 nitrogen and oxygen atoms in total. The van der Waals surface area contributed by atoms with Crippen LogP contribution in [0.3, 0.4) is 0 Å². The Balaban J connectivity index is 1.26. The fourth-order valence-corrected chi connectivity index (χ4v) is 4.44. The van der Waals surface area contributed by atoms with Gasteiger partial charge in [-0.15, -0.1) is 0 Å². The van der Waals surface area contributed by atoms with Crippen LogP contribution in [-0.2, 0) is 6.42 Å². The van der Waals surface area contributed by atoms with Crippen molar-refractivity contribution >= 4 is 33.2 Å². The molecule has 3 aromatic heterocycles. The summed E-state index contributed by atoms with van der Waals surface area (Å²) in [7, 11) is 0. The number of nitrogens with zero attached hydrogens (tertiary/aromatic N) is 3. The number of carbonyl (C=O) groups excluding carboxylic acids is 1. The average molecular weight is 465 g/mol. The van der Waals surface area contributed by atoms with Crippen molar-refractivity contribution in [3.8, 4) is 0 Å². The highest BCUT2D eigenvalue weighted by Gasteiger charge is 2.11. The van der Waals surface area contributed by atoms with Crippen molar-refractivity contribution in [3.05, 3.63) is 100 Å². The first-order valence-electron chi connectivity index (χ1n) is 12.1. The van der Waals surface area contributed by atoms with Gasteiger partial charge in [0.2, 0.25) is 0 Å². The van der Waals surface area contributed by atoms with Gasteiger partial charge in [-0.3, -0.25) is 19.0 Å². The summed E-state index contributed by atoms with van der Waals surface area (Å²) >= 11 is 0. The first-order valence-corrected chi connectivity index (χ1v) is 12.1. The van der Waals surface area contributed by atoms with Gasteiger partial charge < -0.3 is 5.32 Å². The van der Waals surface area contributed by atoms with Gasteiger partial charge in [-0.05, 0) is 66.0 Å². The molecule has 0 saturated carbocycles. The minimum Gasteiger partial charge on any atom is -0.352 e. The Labute approximate surface area is 203 Å². The summed E-state index contributed by atoms with van der Waals surface area (Å²) in [6.45, 7) is 4.75. The predicted molar refractivity (Wildman–Crippen MR) is 140 cm³/mol. The second-order valence-corrected chi connectivity index (χ2v) is 9.23. The lowest BCUT2D eigenvalue weighted by Gasteiger charge is -2.10. The van der Waals surface area contributed by atoms with E-state index < -0.39 is 0 Å². The second kappa shape index (κ2) is 9.66. The Kier molecular flexibility index (Phi) is 6.27. The van der Waals surface area contributed by atoms with E-state index in [1.807, 2.05) is 42.7 Å².